The smallest absolute Gasteiger partial charge is 0.326 e. The number of aliphatic carboxylic acids is 1. The predicted molar refractivity (Wildman–Crippen MR) is 72.2 cm³/mol. The number of aryl methyl sites for hydroxylation is 1. The summed E-state index contributed by atoms with van der Waals surface area (Å²) in [4.78, 5) is 24.5. The normalized spacial score (nSPS) is 18.4. The van der Waals surface area contributed by atoms with Crippen molar-refractivity contribution in [2.75, 3.05) is 11.9 Å². The molecule has 2 amide bonds. The number of nitrogens with one attached hydrogen (secondary N) is 1. The van der Waals surface area contributed by atoms with Gasteiger partial charge >= 0.3 is 12.0 Å². The summed E-state index contributed by atoms with van der Waals surface area (Å²) in [6.07, 6.45) is 2.21. The third-order valence-corrected chi connectivity index (χ3v) is 3.41. The Hall–Kier alpha value is -2.04. The molecule has 0 radical (unpaired) electrons. The van der Waals surface area contributed by atoms with Crippen molar-refractivity contribution in [3.8, 4) is 0 Å². The molecule has 5 heteroatoms. The van der Waals surface area contributed by atoms with Crippen LogP contribution in [0.25, 0.3) is 0 Å². The molecular formula is C14H18N2O3. The van der Waals surface area contributed by atoms with Gasteiger partial charge in [-0.1, -0.05) is 19.1 Å². The van der Waals surface area contributed by atoms with E-state index in [9.17, 15) is 9.59 Å². The quantitative estimate of drug-likeness (QED) is 0.878. The minimum absolute atomic E-state index is 0.339. The van der Waals surface area contributed by atoms with Crippen molar-refractivity contribution in [1.29, 1.82) is 0 Å². The SMILES string of the molecule is CCc1ccc(NC(=O)N2CCCC2C(=O)O)cc1. The first-order valence-electron chi connectivity index (χ1n) is 6.51. The molecule has 0 spiro atoms. The second-order valence-corrected chi connectivity index (χ2v) is 4.67. The number of likely N-dealkylation sites (tertiary alicyclic amines) is 1. The van der Waals surface area contributed by atoms with E-state index in [2.05, 4.69) is 12.2 Å². The van der Waals surface area contributed by atoms with Crippen LogP contribution in [0.5, 0.6) is 0 Å². The van der Waals surface area contributed by atoms with Gasteiger partial charge in [0, 0.05) is 12.2 Å². The molecule has 1 saturated heterocycles. The van der Waals surface area contributed by atoms with E-state index in [-0.39, 0.29) is 6.03 Å². The maximum absolute atomic E-state index is 12.0. The van der Waals surface area contributed by atoms with Crippen LogP contribution in [-0.4, -0.2) is 34.6 Å². The highest BCUT2D eigenvalue weighted by Gasteiger charge is 2.33. The number of anilines is 1. The van der Waals surface area contributed by atoms with E-state index in [0.29, 0.717) is 18.7 Å². The Kier molecular flexibility index (Phi) is 4.04. The number of carbonyl (C=O) groups excluding carboxylic acids is 1. The predicted octanol–water partition coefficient (Wildman–Crippen LogP) is 2.33. The van der Waals surface area contributed by atoms with Gasteiger partial charge in [0.2, 0.25) is 0 Å². The monoisotopic (exact) mass is 262 g/mol. The minimum atomic E-state index is -0.936. The standard InChI is InChI=1S/C14H18N2O3/c1-2-10-5-7-11(8-6-10)15-14(19)16-9-3-4-12(16)13(17)18/h5-8,12H,2-4,9H2,1H3,(H,15,19)(H,17,18). The second-order valence-electron chi connectivity index (χ2n) is 4.67. The summed E-state index contributed by atoms with van der Waals surface area (Å²) in [6, 6.07) is 6.54. The van der Waals surface area contributed by atoms with Gasteiger partial charge in [-0.2, -0.15) is 0 Å². The van der Waals surface area contributed by atoms with Crippen LogP contribution in [0.3, 0.4) is 0 Å². The van der Waals surface area contributed by atoms with Gasteiger partial charge in [-0.15, -0.1) is 0 Å². The largest absolute Gasteiger partial charge is 0.480 e. The van der Waals surface area contributed by atoms with Crippen LogP contribution in [0.1, 0.15) is 25.3 Å². The number of benzene rings is 1. The van der Waals surface area contributed by atoms with Crippen LogP contribution in [0.2, 0.25) is 0 Å². The Morgan fingerprint density at radius 2 is 2.05 bits per heavy atom. The van der Waals surface area contributed by atoms with Crippen molar-refractivity contribution < 1.29 is 14.7 Å². The molecule has 1 atom stereocenters. The molecule has 1 aliphatic heterocycles. The molecule has 0 saturated carbocycles. The van der Waals surface area contributed by atoms with Gasteiger partial charge in [-0.25, -0.2) is 9.59 Å². The fraction of sp³-hybridized carbons (Fsp3) is 0.429. The number of amides is 2. The Bertz CT molecular complexity index is 470. The number of carboxylic acid groups (broad SMARTS) is 1. The molecule has 1 aromatic rings. The summed E-state index contributed by atoms with van der Waals surface area (Å²) in [5.41, 5.74) is 1.89. The van der Waals surface area contributed by atoms with Crippen LogP contribution >= 0.6 is 0 Å². The van der Waals surface area contributed by atoms with Crippen molar-refractivity contribution in [3.05, 3.63) is 29.8 Å². The van der Waals surface area contributed by atoms with Crippen LogP contribution in [-0.2, 0) is 11.2 Å². The zero-order valence-electron chi connectivity index (χ0n) is 10.9. The molecule has 1 unspecified atom stereocenters. The van der Waals surface area contributed by atoms with E-state index in [1.165, 1.54) is 10.5 Å². The number of hydrogen-bond acceptors (Lipinski definition) is 2. The maximum Gasteiger partial charge on any atom is 0.326 e. The van der Waals surface area contributed by atoms with Gasteiger partial charge in [0.05, 0.1) is 0 Å². The summed E-state index contributed by atoms with van der Waals surface area (Å²) < 4.78 is 0. The molecule has 2 N–H and O–H groups in total. The second kappa shape index (κ2) is 5.73. The van der Waals surface area contributed by atoms with Gasteiger partial charge in [-0.05, 0) is 37.0 Å². The molecule has 1 fully saturated rings. The molecule has 2 rings (SSSR count). The van der Waals surface area contributed by atoms with Gasteiger partial charge in [0.1, 0.15) is 6.04 Å². The summed E-state index contributed by atoms with van der Waals surface area (Å²) in [5.74, 6) is -0.936. The molecule has 5 nitrogen and oxygen atoms in total. The van der Waals surface area contributed by atoms with Crippen molar-refractivity contribution in [1.82, 2.24) is 4.90 Å². The van der Waals surface area contributed by atoms with E-state index in [4.69, 9.17) is 5.11 Å². The van der Waals surface area contributed by atoms with E-state index < -0.39 is 12.0 Å². The van der Waals surface area contributed by atoms with Crippen molar-refractivity contribution >= 4 is 17.7 Å². The van der Waals surface area contributed by atoms with E-state index in [1.54, 1.807) is 0 Å². The fourth-order valence-electron chi connectivity index (χ4n) is 2.29. The summed E-state index contributed by atoms with van der Waals surface area (Å²) in [6.45, 7) is 2.56. The lowest BCUT2D eigenvalue weighted by Crippen LogP contribution is -2.42. The Morgan fingerprint density at radius 3 is 2.63 bits per heavy atom. The first kappa shape index (κ1) is 13.4. The fourth-order valence-corrected chi connectivity index (χ4v) is 2.29. The molecule has 0 aromatic heterocycles. The Balaban J connectivity index is 2.01. The summed E-state index contributed by atoms with van der Waals surface area (Å²) in [5, 5.41) is 11.8. The molecule has 1 aliphatic rings. The lowest BCUT2D eigenvalue weighted by molar-refractivity contribution is -0.141. The molecule has 0 aliphatic carbocycles. The topological polar surface area (TPSA) is 69.6 Å². The minimum Gasteiger partial charge on any atom is -0.480 e. The summed E-state index contributed by atoms with van der Waals surface area (Å²) >= 11 is 0. The van der Waals surface area contributed by atoms with Gasteiger partial charge in [0.25, 0.3) is 0 Å². The number of carboxylic acids is 1. The highest BCUT2D eigenvalue weighted by molar-refractivity contribution is 5.92. The van der Waals surface area contributed by atoms with Gasteiger partial charge < -0.3 is 15.3 Å². The first-order chi connectivity index (χ1) is 9.11. The van der Waals surface area contributed by atoms with Crippen molar-refractivity contribution in [3.63, 3.8) is 0 Å². The maximum atomic E-state index is 12.0. The average Bonchev–Trinajstić information content (AvgIpc) is 2.89. The number of urea groups is 1. The molecule has 19 heavy (non-hydrogen) atoms. The number of hydrogen-bond donors (Lipinski definition) is 2. The number of rotatable bonds is 3. The lowest BCUT2D eigenvalue weighted by atomic mass is 10.1. The Morgan fingerprint density at radius 1 is 1.37 bits per heavy atom. The van der Waals surface area contributed by atoms with Crippen LogP contribution < -0.4 is 5.32 Å². The van der Waals surface area contributed by atoms with Crippen LogP contribution in [0.4, 0.5) is 10.5 Å². The van der Waals surface area contributed by atoms with E-state index in [0.717, 1.165) is 12.8 Å². The van der Waals surface area contributed by atoms with Gasteiger partial charge in [-0.3, -0.25) is 0 Å². The van der Waals surface area contributed by atoms with Crippen LogP contribution in [0.15, 0.2) is 24.3 Å². The highest BCUT2D eigenvalue weighted by atomic mass is 16.4. The molecular weight excluding hydrogens is 244 g/mol. The zero-order valence-corrected chi connectivity index (χ0v) is 10.9. The molecule has 0 bridgehead atoms. The third kappa shape index (κ3) is 3.05. The number of nitrogens with zero attached hydrogens (tertiary/aromatic N) is 1. The lowest BCUT2D eigenvalue weighted by Gasteiger charge is -2.21. The first-order valence-corrected chi connectivity index (χ1v) is 6.51. The van der Waals surface area contributed by atoms with E-state index in [1.807, 2.05) is 24.3 Å². The molecule has 102 valence electrons. The summed E-state index contributed by atoms with van der Waals surface area (Å²) in [7, 11) is 0. The molecule has 1 heterocycles. The van der Waals surface area contributed by atoms with E-state index >= 15 is 0 Å². The third-order valence-electron chi connectivity index (χ3n) is 3.41. The highest BCUT2D eigenvalue weighted by Crippen LogP contribution is 2.19. The zero-order chi connectivity index (χ0) is 13.8. The van der Waals surface area contributed by atoms with Gasteiger partial charge in [0.15, 0.2) is 0 Å². The van der Waals surface area contributed by atoms with Crippen LogP contribution in [0, 0.1) is 0 Å². The van der Waals surface area contributed by atoms with Crippen molar-refractivity contribution in [2.24, 2.45) is 0 Å². The average molecular weight is 262 g/mol. The number of carbonyl (C=O) groups is 2. The molecule has 1 aromatic carbocycles. The Labute approximate surface area is 112 Å². The van der Waals surface area contributed by atoms with Crippen molar-refractivity contribution in [2.45, 2.75) is 32.2 Å².